The Kier molecular flexibility index (Phi) is 4.60. The molecule has 124 valence electrons. The van der Waals surface area contributed by atoms with Gasteiger partial charge in [0, 0.05) is 29.1 Å². The molecule has 2 N–H and O–H groups in total. The number of carbonyl (C=O) groups excluding carboxylic acids is 1. The van der Waals surface area contributed by atoms with E-state index in [-0.39, 0.29) is 11.8 Å². The first-order valence-corrected chi connectivity index (χ1v) is 8.53. The van der Waals surface area contributed by atoms with Gasteiger partial charge in [0.1, 0.15) is 5.75 Å². The van der Waals surface area contributed by atoms with E-state index in [0.717, 1.165) is 43.5 Å². The fourth-order valence-corrected chi connectivity index (χ4v) is 3.38. The van der Waals surface area contributed by atoms with Gasteiger partial charge in [-0.2, -0.15) is 0 Å². The summed E-state index contributed by atoms with van der Waals surface area (Å²) in [5.74, 6) is 1.77. The van der Waals surface area contributed by atoms with Crippen molar-refractivity contribution in [1.29, 1.82) is 0 Å². The van der Waals surface area contributed by atoms with Gasteiger partial charge >= 0.3 is 0 Å². The van der Waals surface area contributed by atoms with E-state index in [1.807, 2.05) is 6.07 Å². The van der Waals surface area contributed by atoms with Crippen LogP contribution in [0.5, 0.6) is 5.75 Å². The second kappa shape index (κ2) is 6.65. The number of aromatic nitrogens is 1. The maximum Gasteiger partial charge on any atom is 0.223 e. The molecule has 1 aliphatic carbocycles. The fraction of sp³-hybridized carbons (Fsp3) is 0.526. The number of nitrogens with one attached hydrogen (secondary N) is 2. The van der Waals surface area contributed by atoms with E-state index in [9.17, 15) is 4.79 Å². The highest BCUT2D eigenvalue weighted by atomic mass is 16.5. The largest absolute Gasteiger partial charge is 0.497 e. The lowest BCUT2D eigenvalue weighted by Crippen LogP contribution is -2.34. The van der Waals surface area contributed by atoms with E-state index >= 15 is 0 Å². The summed E-state index contributed by atoms with van der Waals surface area (Å²) in [5.41, 5.74) is 3.70. The number of hydrogen-bond acceptors (Lipinski definition) is 2. The van der Waals surface area contributed by atoms with Crippen LogP contribution in [0.25, 0.3) is 10.9 Å². The number of H-pyrrole nitrogens is 1. The number of aromatic amines is 1. The highest BCUT2D eigenvalue weighted by Gasteiger charge is 2.27. The van der Waals surface area contributed by atoms with Gasteiger partial charge in [0.25, 0.3) is 0 Å². The molecule has 1 aromatic carbocycles. The molecule has 1 atom stereocenters. The van der Waals surface area contributed by atoms with Crippen LogP contribution < -0.4 is 10.1 Å². The molecule has 0 saturated heterocycles. The van der Waals surface area contributed by atoms with Crippen LogP contribution in [-0.2, 0) is 17.6 Å². The molecular formula is C19H26N2O2. The SMILES string of the molecule is COc1ccc2[nH]c3c(c2c1)CC(C(=O)NCCC(C)C)CC3. The number of methoxy groups -OCH3 is 1. The van der Waals surface area contributed by atoms with Crippen LogP contribution in [0.3, 0.4) is 0 Å². The molecule has 1 aromatic heterocycles. The monoisotopic (exact) mass is 314 g/mol. The number of carbonyl (C=O) groups is 1. The highest BCUT2D eigenvalue weighted by Crippen LogP contribution is 2.33. The number of aryl methyl sites for hydroxylation is 1. The Bertz CT molecular complexity index is 703. The zero-order valence-corrected chi connectivity index (χ0v) is 14.2. The molecule has 0 aliphatic heterocycles. The lowest BCUT2D eigenvalue weighted by atomic mass is 9.85. The minimum Gasteiger partial charge on any atom is -0.497 e. The van der Waals surface area contributed by atoms with E-state index in [0.29, 0.717) is 5.92 Å². The van der Waals surface area contributed by atoms with Gasteiger partial charge in [0.15, 0.2) is 0 Å². The van der Waals surface area contributed by atoms with Crippen molar-refractivity contribution in [2.45, 2.75) is 39.5 Å². The Morgan fingerprint density at radius 3 is 3.00 bits per heavy atom. The van der Waals surface area contributed by atoms with Crippen LogP contribution in [0.15, 0.2) is 18.2 Å². The fourth-order valence-electron chi connectivity index (χ4n) is 3.38. The molecule has 0 fully saturated rings. The van der Waals surface area contributed by atoms with E-state index < -0.39 is 0 Å². The Hall–Kier alpha value is -1.97. The molecule has 2 aromatic rings. The van der Waals surface area contributed by atoms with Crippen molar-refractivity contribution in [2.75, 3.05) is 13.7 Å². The first-order chi connectivity index (χ1) is 11.1. The van der Waals surface area contributed by atoms with Gasteiger partial charge in [0.05, 0.1) is 7.11 Å². The van der Waals surface area contributed by atoms with E-state index in [1.165, 1.54) is 16.6 Å². The van der Waals surface area contributed by atoms with Crippen LogP contribution in [0.4, 0.5) is 0 Å². The predicted molar refractivity (Wildman–Crippen MR) is 92.8 cm³/mol. The van der Waals surface area contributed by atoms with Gasteiger partial charge in [-0.3, -0.25) is 4.79 Å². The van der Waals surface area contributed by atoms with E-state index in [1.54, 1.807) is 7.11 Å². The van der Waals surface area contributed by atoms with Crippen molar-refractivity contribution >= 4 is 16.8 Å². The van der Waals surface area contributed by atoms with E-state index in [2.05, 4.69) is 36.3 Å². The van der Waals surface area contributed by atoms with Gasteiger partial charge in [-0.1, -0.05) is 13.8 Å². The molecule has 3 rings (SSSR count). The van der Waals surface area contributed by atoms with Crippen LogP contribution in [-0.4, -0.2) is 24.5 Å². The minimum absolute atomic E-state index is 0.0832. The third-order valence-corrected chi connectivity index (χ3v) is 4.79. The maximum absolute atomic E-state index is 12.4. The molecule has 0 radical (unpaired) electrons. The standard InChI is InChI=1S/C19H26N2O2/c1-12(2)8-9-20-19(22)13-4-6-17-15(10-13)16-11-14(23-3)5-7-18(16)21-17/h5,7,11-13,21H,4,6,8-10H2,1-3H3,(H,20,22). The van der Waals surface area contributed by atoms with E-state index in [4.69, 9.17) is 4.74 Å². The average Bonchev–Trinajstić information content (AvgIpc) is 2.91. The highest BCUT2D eigenvalue weighted by molar-refractivity contribution is 5.88. The third kappa shape index (κ3) is 3.36. The zero-order valence-electron chi connectivity index (χ0n) is 14.2. The van der Waals surface area contributed by atoms with Gasteiger partial charge in [-0.05, 0) is 55.4 Å². The maximum atomic E-state index is 12.4. The molecule has 0 saturated carbocycles. The van der Waals surface area contributed by atoms with Gasteiger partial charge < -0.3 is 15.0 Å². The van der Waals surface area contributed by atoms with Crippen LogP contribution in [0.2, 0.25) is 0 Å². The number of amides is 1. The van der Waals surface area contributed by atoms with Crippen molar-refractivity contribution in [3.63, 3.8) is 0 Å². The summed E-state index contributed by atoms with van der Waals surface area (Å²) in [5, 5.41) is 4.30. The molecule has 0 spiro atoms. The molecule has 1 aliphatic rings. The summed E-state index contributed by atoms with van der Waals surface area (Å²) in [7, 11) is 1.69. The molecule has 23 heavy (non-hydrogen) atoms. The second-order valence-electron chi connectivity index (χ2n) is 6.91. The quantitative estimate of drug-likeness (QED) is 0.888. The predicted octanol–water partition coefficient (Wildman–Crippen LogP) is 3.44. The molecule has 4 nitrogen and oxygen atoms in total. The van der Waals surface area contributed by atoms with Gasteiger partial charge in [-0.25, -0.2) is 0 Å². The number of hydrogen-bond donors (Lipinski definition) is 2. The Morgan fingerprint density at radius 2 is 2.26 bits per heavy atom. The first kappa shape index (κ1) is 15.9. The summed E-state index contributed by atoms with van der Waals surface area (Å²) in [6, 6.07) is 6.11. The number of rotatable bonds is 5. The van der Waals surface area contributed by atoms with Gasteiger partial charge in [0.2, 0.25) is 5.91 Å². The summed E-state index contributed by atoms with van der Waals surface area (Å²) in [6.07, 6.45) is 3.71. The van der Waals surface area contributed by atoms with Crippen molar-refractivity contribution in [1.82, 2.24) is 10.3 Å². The lowest BCUT2D eigenvalue weighted by Gasteiger charge is -2.22. The topological polar surface area (TPSA) is 54.1 Å². The Morgan fingerprint density at radius 1 is 1.43 bits per heavy atom. The van der Waals surface area contributed by atoms with Crippen molar-refractivity contribution < 1.29 is 9.53 Å². The lowest BCUT2D eigenvalue weighted by molar-refractivity contribution is -0.125. The molecule has 1 heterocycles. The number of fused-ring (bicyclic) bond motifs is 3. The van der Waals surface area contributed by atoms with Crippen molar-refractivity contribution in [3.8, 4) is 5.75 Å². The first-order valence-electron chi connectivity index (χ1n) is 8.53. The van der Waals surface area contributed by atoms with Crippen LogP contribution in [0.1, 0.15) is 37.9 Å². The molecule has 1 unspecified atom stereocenters. The molecule has 1 amide bonds. The van der Waals surface area contributed by atoms with Crippen LogP contribution in [0, 0.1) is 11.8 Å². The van der Waals surface area contributed by atoms with Gasteiger partial charge in [-0.15, -0.1) is 0 Å². The van der Waals surface area contributed by atoms with Crippen LogP contribution >= 0.6 is 0 Å². The minimum atomic E-state index is 0.0832. The Balaban J connectivity index is 1.75. The third-order valence-electron chi connectivity index (χ3n) is 4.79. The number of ether oxygens (including phenoxy) is 1. The average molecular weight is 314 g/mol. The smallest absolute Gasteiger partial charge is 0.223 e. The number of benzene rings is 1. The zero-order chi connectivity index (χ0) is 16.4. The Labute approximate surface area is 137 Å². The molecule has 0 bridgehead atoms. The van der Waals surface area contributed by atoms with Crippen molar-refractivity contribution in [3.05, 3.63) is 29.5 Å². The molecule has 4 heteroatoms. The summed E-state index contributed by atoms with van der Waals surface area (Å²) in [6.45, 7) is 5.14. The summed E-state index contributed by atoms with van der Waals surface area (Å²) < 4.78 is 5.34. The van der Waals surface area contributed by atoms with Crippen molar-refractivity contribution in [2.24, 2.45) is 11.8 Å². The summed E-state index contributed by atoms with van der Waals surface area (Å²) >= 11 is 0. The normalized spacial score (nSPS) is 17.3. The summed E-state index contributed by atoms with van der Waals surface area (Å²) in [4.78, 5) is 15.9. The second-order valence-corrected chi connectivity index (χ2v) is 6.91. The molecular weight excluding hydrogens is 288 g/mol.